The minimum atomic E-state index is -0.245. The average molecular weight is 204 g/mol. The van der Waals surface area contributed by atoms with Crippen molar-refractivity contribution in [3.63, 3.8) is 0 Å². The summed E-state index contributed by atoms with van der Waals surface area (Å²) in [5.74, 6) is -0.245. The molecule has 0 saturated heterocycles. The summed E-state index contributed by atoms with van der Waals surface area (Å²) in [5.41, 5.74) is 0.509. The predicted molar refractivity (Wildman–Crippen MR) is 41.3 cm³/mol. The molecule has 0 saturated carbocycles. The zero-order valence-electron chi connectivity index (χ0n) is 5.56. The number of pyridine rings is 1. The summed E-state index contributed by atoms with van der Waals surface area (Å²) in [6.45, 7) is 1.87. The van der Waals surface area contributed by atoms with Crippen molar-refractivity contribution in [2.24, 2.45) is 0 Å². The van der Waals surface area contributed by atoms with Crippen molar-refractivity contribution >= 4 is 15.9 Å². The van der Waals surface area contributed by atoms with Crippen molar-refractivity contribution in [1.29, 1.82) is 0 Å². The number of rotatable bonds is 1. The summed E-state index contributed by atoms with van der Waals surface area (Å²) in [6, 6.07) is 1.59. The van der Waals surface area contributed by atoms with Gasteiger partial charge in [0.25, 0.3) is 0 Å². The van der Waals surface area contributed by atoms with Crippen molar-refractivity contribution in [1.82, 2.24) is 4.98 Å². The molecule has 0 aromatic carbocycles. The summed E-state index contributed by atoms with van der Waals surface area (Å²) in [4.78, 5) is 3.85. The Morgan fingerprint density at radius 1 is 1.70 bits per heavy atom. The lowest BCUT2D eigenvalue weighted by Gasteiger charge is -1.97. The van der Waals surface area contributed by atoms with Gasteiger partial charge in [-0.2, -0.15) is 0 Å². The van der Waals surface area contributed by atoms with Gasteiger partial charge in [-0.3, -0.25) is 4.98 Å². The Bertz CT molecular complexity index is 237. The molecular formula is C7H7BrFN. The van der Waals surface area contributed by atoms with Gasteiger partial charge in [0.2, 0.25) is 0 Å². The zero-order valence-corrected chi connectivity index (χ0v) is 7.15. The molecule has 3 heteroatoms. The first-order valence-electron chi connectivity index (χ1n) is 3.04. The van der Waals surface area contributed by atoms with Crippen LogP contribution in [0.3, 0.4) is 0 Å². The maximum absolute atomic E-state index is 12.9. The highest BCUT2D eigenvalue weighted by molar-refractivity contribution is 9.10. The third-order valence-electron chi connectivity index (χ3n) is 1.25. The first kappa shape index (κ1) is 7.66. The Kier molecular flexibility index (Phi) is 2.38. The highest BCUT2D eigenvalue weighted by atomic mass is 79.9. The summed E-state index contributed by atoms with van der Waals surface area (Å²) in [7, 11) is 0. The van der Waals surface area contributed by atoms with Gasteiger partial charge in [0, 0.05) is 6.20 Å². The monoisotopic (exact) mass is 203 g/mol. The van der Waals surface area contributed by atoms with Gasteiger partial charge in [-0.1, -0.05) is 6.92 Å². The smallest absolute Gasteiger partial charge is 0.158 e. The molecule has 0 radical (unpaired) electrons. The number of hydrogen-bond acceptors (Lipinski definition) is 1. The Morgan fingerprint density at radius 2 is 2.40 bits per heavy atom. The maximum atomic E-state index is 12.9. The Balaban J connectivity index is 3.14. The number of aromatic nitrogens is 1. The van der Waals surface area contributed by atoms with E-state index in [4.69, 9.17) is 0 Å². The van der Waals surface area contributed by atoms with Crippen molar-refractivity contribution in [2.75, 3.05) is 0 Å². The van der Waals surface area contributed by atoms with E-state index >= 15 is 0 Å². The molecule has 54 valence electrons. The number of hydrogen-bond donors (Lipinski definition) is 0. The van der Waals surface area contributed by atoms with Gasteiger partial charge in [0.05, 0.1) is 10.2 Å². The van der Waals surface area contributed by atoms with Crippen LogP contribution in [0.1, 0.15) is 12.6 Å². The fraction of sp³-hybridized carbons (Fsp3) is 0.286. The van der Waals surface area contributed by atoms with Gasteiger partial charge in [-0.15, -0.1) is 0 Å². The van der Waals surface area contributed by atoms with Crippen LogP contribution in [-0.4, -0.2) is 4.98 Å². The third-order valence-corrected chi connectivity index (χ3v) is 1.86. The molecule has 10 heavy (non-hydrogen) atoms. The standard InChI is InChI=1S/C7H7BrFN/c1-2-6-7(9)5(8)3-4-10-6/h3-4H,2H2,1H3. The van der Waals surface area contributed by atoms with Crippen LogP contribution in [-0.2, 0) is 6.42 Å². The molecular weight excluding hydrogens is 197 g/mol. The number of halogens is 2. The van der Waals surface area contributed by atoms with Crippen LogP contribution in [0.4, 0.5) is 4.39 Å². The van der Waals surface area contributed by atoms with E-state index in [2.05, 4.69) is 20.9 Å². The molecule has 1 rings (SSSR count). The van der Waals surface area contributed by atoms with Crippen LogP contribution in [0, 0.1) is 5.82 Å². The number of nitrogens with zero attached hydrogens (tertiary/aromatic N) is 1. The highest BCUT2D eigenvalue weighted by Gasteiger charge is 2.03. The molecule has 0 aliphatic rings. The Labute approximate surface area is 67.4 Å². The Hall–Kier alpha value is -0.440. The van der Waals surface area contributed by atoms with E-state index in [1.807, 2.05) is 6.92 Å². The van der Waals surface area contributed by atoms with Crippen molar-refractivity contribution in [3.8, 4) is 0 Å². The molecule has 0 amide bonds. The van der Waals surface area contributed by atoms with E-state index in [0.717, 1.165) is 0 Å². The van der Waals surface area contributed by atoms with E-state index in [-0.39, 0.29) is 5.82 Å². The summed E-state index contributed by atoms with van der Waals surface area (Å²) < 4.78 is 13.4. The lowest BCUT2D eigenvalue weighted by Crippen LogP contribution is -1.92. The molecule has 1 nitrogen and oxygen atoms in total. The van der Waals surface area contributed by atoms with Crippen molar-refractivity contribution < 1.29 is 4.39 Å². The topological polar surface area (TPSA) is 12.9 Å². The molecule has 0 N–H and O–H groups in total. The minimum absolute atomic E-state index is 0.245. The largest absolute Gasteiger partial charge is 0.258 e. The van der Waals surface area contributed by atoms with Crippen molar-refractivity contribution in [2.45, 2.75) is 13.3 Å². The molecule has 1 aromatic rings. The van der Waals surface area contributed by atoms with Gasteiger partial charge < -0.3 is 0 Å². The second kappa shape index (κ2) is 3.10. The molecule has 0 bridgehead atoms. The molecule has 0 spiro atoms. The fourth-order valence-electron chi connectivity index (χ4n) is 0.707. The summed E-state index contributed by atoms with van der Waals surface area (Å²) >= 11 is 3.07. The van der Waals surface area contributed by atoms with E-state index in [1.54, 1.807) is 12.3 Å². The maximum Gasteiger partial charge on any atom is 0.158 e. The van der Waals surface area contributed by atoms with E-state index in [9.17, 15) is 4.39 Å². The highest BCUT2D eigenvalue weighted by Crippen LogP contribution is 2.16. The average Bonchev–Trinajstić information content (AvgIpc) is 1.95. The first-order valence-corrected chi connectivity index (χ1v) is 3.84. The summed E-state index contributed by atoms with van der Waals surface area (Å²) in [6.07, 6.45) is 2.22. The Morgan fingerprint density at radius 3 is 2.90 bits per heavy atom. The van der Waals surface area contributed by atoms with Gasteiger partial charge >= 0.3 is 0 Å². The van der Waals surface area contributed by atoms with E-state index in [0.29, 0.717) is 16.6 Å². The fourth-order valence-corrected chi connectivity index (χ4v) is 1.05. The second-order valence-corrected chi connectivity index (χ2v) is 2.76. The third kappa shape index (κ3) is 1.34. The second-order valence-electron chi connectivity index (χ2n) is 1.91. The van der Waals surface area contributed by atoms with Crippen LogP contribution in [0.25, 0.3) is 0 Å². The van der Waals surface area contributed by atoms with Crippen LogP contribution in [0.15, 0.2) is 16.7 Å². The zero-order chi connectivity index (χ0) is 7.56. The van der Waals surface area contributed by atoms with Gasteiger partial charge in [-0.25, -0.2) is 4.39 Å². The van der Waals surface area contributed by atoms with Gasteiger partial charge in [0.15, 0.2) is 5.82 Å². The molecule has 1 heterocycles. The quantitative estimate of drug-likeness (QED) is 0.684. The molecule has 1 aromatic heterocycles. The molecule has 0 unspecified atom stereocenters. The molecule has 0 atom stereocenters. The van der Waals surface area contributed by atoms with Crippen LogP contribution >= 0.6 is 15.9 Å². The van der Waals surface area contributed by atoms with Gasteiger partial charge in [0.1, 0.15) is 0 Å². The molecule has 0 fully saturated rings. The normalized spacial score (nSPS) is 9.90. The molecule has 0 aliphatic carbocycles. The van der Waals surface area contributed by atoms with Crippen molar-refractivity contribution in [3.05, 3.63) is 28.2 Å². The van der Waals surface area contributed by atoms with E-state index in [1.165, 1.54) is 0 Å². The SMILES string of the molecule is CCc1nccc(Br)c1F. The summed E-state index contributed by atoms with van der Waals surface area (Å²) in [5, 5.41) is 0. The van der Waals surface area contributed by atoms with Crippen LogP contribution in [0.2, 0.25) is 0 Å². The van der Waals surface area contributed by atoms with E-state index < -0.39 is 0 Å². The lowest BCUT2D eigenvalue weighted by atomic mass is 10.3. The van der Waals surface area contributed by atoms with Crippen LogP contribution in [0.5, 0.6) is 0 Å². The molecule has 0 aliphatic heterocycles. The number of aryl methyl sites for hydroxylation is 1. The predicted octanol–water partition coefficient (Wildman–Crippen LogP) is 2.55. The van der Waals surface area contributed by atoms with Gasteiger partial charge in [-0.05, 0) is 28.4 Å². The first-order chi connectivity index (χ1) is 4.75. The lowest BCUT2D eigenvalue weighted by molar-refractivity contribution is 0.595. The minimum Gasteiger partial charge on any atom is -0.258 e. The van der Waals surface area contributed by atoms with Crippen LogP contribution < -0.4 is 0 Å².